The zero-order valence-corrected chi connectivity index (χ0v) is 21.0. The second kappa shape index (κ2) is 12.1. The highest BCUT2D eigenvalue weighted by atomic mass is 32.2. The third-order valence-electron chi connectivity index (χ3n) is 4.81. The van der Waals surface area contributed by atoms with Crippen molar-refractivity contribution in [3.05, 3.63) is 78.4 Å². The summed E-state index contributed by atoms with van der Waals surface area (Å²) in [6.45, 7) is 4.11. The molecule has 0 fully saturated rings. The number of hydrogen-bond acceptors (Lipinski definition) is 7. The van der Waals surface area contributed by atoms with Gasteiger partial charge in [0.15, 0.2) is 17.3 Å². The maximum atomic E-state index is 14.0. The summed E-state index contributed by atoms with van der Waals surface area (Å²) in [5.41, 5.74) is 1.53. The second-order valence-corrected chi connectivity index (χ2v) is 10.2. The van der Waals surface area contributed by atoms with Gasteiger partial charge in [-0.25, -0.2) is 0 Å². The van der Waals surface area contributed by atoms with Gasteiger partial charge in [0.1, 0.15) is 0 Å². The van der Waals surface area contributed by atoms with E-state index in [1.807, 2.05) is 48.5 Å². The first-order valence-electron chi connectivity index (χ1n) is 10.7. The van der Waals surface area contributed by atoms with Gasteiger partial charge < -0.3 is 23.8 Å². The lowest BCUT2D eigenvalue weighted by Crippen LogP contribution is -2.16. The van der Waals surface area contributed by atoms with Gasteiger partial charge in [-0.1, -0.05) is 48.2 Å². The highest BCUT2D eigenvalue weighted by Crippen LogP contribution is 2.61. The lowest BCUT2D eigenvalue weighted by molar-refractivity contribution is 0.214. The molecule has 0 heterocycles. The molecular formula is C25H30NO5PS. The average molecular weight is 488 g/mol. The minimum Gasteiger partial charge on any atom is -0.493 e. The Kier molecular flexibility index (Phi) is 9.27. The summed E-state index contributed by atoms with van der Waals surface area (Å²) in [7, 11) is -0.441. The molecule has 3 aromatic rings. The molecule has 3 rings (SSSR count). The van der Waals surface area contributed by atoms with Crippen molar-refractivity contribution in [1.82, 2.24) is 0 Å². The van der Waals surface area contributed by atoms with Crippen LogP contribution in [-0.4, -0.2) is 27.4 Å². The van der Waals surface area contributed by atoms with Gasteiger partial charge in [-0.15, -0.1) is 0 Å². The zero-order valence-electron chi connectivity index (χ0n) is 19.3. The third-order valence-corrected chi connectivity index (χ3v) is 8.19. The molecule has 1 unspecified atom stereocenters. The predicted molar refractivity (Wildman–Crippen MR) is 134 cm³/mol. The van der Waals surface area contributed by atoms with Crippen LogP contribution in [0.4, 0.5) is 5.69 Å². The Hall–Kier alpha value is -2.44. The van der Waals surface area contributed by atoms with E-state index in [0.29, 0.717) is 17.1 Å². The van der Waals surface area contributed by atoms with Crippen molar-refractivity contribution in [3.8, 4) is 11.5 Å². The largest absolute Gasteiger partial charge is 0.493 e. The Bertz CT molecular complexity index is 1070. The number of nitrogens with one attached hydrogen (secondary N) is 1. The molecule has 0 aliphatic heterocycles. The van der Waals surface area contributed by atoms with E-state index >= 15 is 0 Å². The second-order valence-electron chi connectivity index (χ2n) is 6.95. The van der Waals surface area contributed by atoms with Gasteiger partial charge >= 0.3 is 7.60 Å². The molecule has 1 atom stereocenters. The summed E-state index contributed by atoms with van der Waals surface area (Å²) in [4.78, 5) is 2.10. The minimum absolute atomic E-state index is 0.253. The Morgan fingerprint density at radius 3 is 2.12 bits per heavy atom. The van der Waals surface area contributed by atoms with Crippen LogP contribution in [0.5, 0.6) is 11.5 Å². The number of para-hydroxylation sites is 1. The topological polar surface area (TPSA) is 66.0 Å². The average Bonchev–Trinajstić information content (AvgIpc) is 2.84. The first-order valence-corrected chi connectivity index (χ1v) is 13.2. The number of hydrogen-bond donors (Lipinski definition) is 1. The molecule has 0 saturated carbocycles. The molecule has 0 radical (unpaired) electrons. The number of ether oxygens (including phenoxy) is 2. The Morgan fingerprint density at radius 1 is 0.848 bits per heavy atom. The molecule has 8 heteroatoms. The van der Waals surface area contributed by atoms with Crippen molar-refractivity contribution < 1.29 is 23.1 Å². The van der Waals surface area contributed by atoms with Crippen molar-refractivity contribution in [3.63, 3.8) is 0 Å². The summed E-state index contributed by atoms with van der Waals surface area (Å²) in [5.74, 6) is 0.366. The van der Waals surface area contributed by atoms with Crippen LogP contribution in [0, 0.1) is 0 Å². The lowest BCUT2D eigenvalue weighted by Gasteiger charge is -2.29. The van der Waals surface area contributed by atoms with Gasteiger partial charge in [-0.3, -0.25) is 4.57 Å². The molecule has 0 aliphatic rings. The van der Waals surface area contributed by atoms with Gasteiger partial charge in [0.25, 0.3) is 0 Å². The summed E-state index contributed by atoms with van der Waals surface area (Å²) in [6, 6.07) is 23.4. The van der Waals surface area contributed by atoms with E-state index < -0.39 is 13.4 Å². The summed E-state index contributed by atoms with van der Waals surface area (Å²) in [6.07, 6.45) is 0. The van der Waals surface area contributed by atoms with Crippen molar-refractivity contribution in [2.45, 2.75) is 29.4 Å². The van der Waals surface area contributed by atoms with E-state index in [-0.39, 0.29) is 13.2 Å². The van der Waals surface area contributed by atoms with E-state index in [0.717, 1.165) is 15.5 Å². The van der Waals surface area contributed by atoms with Crippen molar-refractivity contribution in [2.75, 3.05) is 32.8 Å². The molecular weight excluding hydrogens is 457 g/mol. The Morgan fingerprint density at radius 2 is 1.48 bits per heavy atom. The molecule has 1 N–H and O–H groups in total. The minimum atomic E-state index is -3.59. The van der Waals surface area contributed by atoms with Gasteiger partial charge in [-0.05, 0) is 55.8 Å². The van der Waals surface area contributed by atoms with Gasteiger partial charge in [0, 0.05) is 15.5 Å². The third kappa shape index (κ3) is 6.33. The summed E-state index contributed by atoms with van der Waals surface area (Å²) < 4.78 is 36.3. The maximum Gasteiger partial charge on any atom is 0.357 e. The van der Waals surface area contributed by atoms with Crippen molar-refractivity contribution in [2.24, 2.45) is 0 Å². The van der Waals surface area contributed by atoms with E-state index in [2.05, 4.69) is 17.4 Å². The number of benzene rings is 3. The number of rotatable bonds is 12. The Balaban J connectivity index is 2.05. The summed E-state index contributed by atoms with van der Waals surface area (Å²) >= 11 is 1.62. The summed E-state index contributed by atoms with van der Waals surface area (Å²) in [5, 5.41) is 3.45. The van der Waals surface area contributed by atoms with Gasteiger partial charge in [0.05, 0.1) is 27.4 Å². The van der Waals surface area contributed by atoms with Crippen molar-refractivity contribution >= 4 is 25.0 Å². The molecule has 0 bridgehead atoms. The van der Waals surface area contributed by atoms with Crippen LogP contribution >= 0.6 is 19.4 Å². The first kappa shape index (κ1) is 25.2. The van der Waals surface area contributed by atoms with Crippen LogP contribution in [0.25, 0.3) is 0 Å². The molecule has 0 saturated heterocycles. The molecule has 0 amide bonds. The van der Waals surface area contributed by atoms with Crippen molar-refractivity contribution in [1.29, 1.82) is 0 Å². The Labute approximate surface area is 200 Å². The SMILES string of the molecule is CCOP(=O)(OCC)C(Nc1ccccc1Sc1ccccc1)c1ccc(OC)c(OC)c1. The van der Waals surface area contributed by atoms with E-state index in [1.165, 1.54) is 0 Å². The van der Waals surface area contributed by atoms with Gasteiger partial charge in [0.2, 0.25) is 0 Å². The smallest absolute Gasteiger partial charge is 0.357 e. The van der Waals surface area contributed by atoms with E-state index in [9.17, 15) is 4.57 Å². The molecule has 0 aromatic heterocycles. The molecule has 6 nitrogen and oxygen atoms in total. The molecule has 0 aliphatic carbocycles. The first-order chi connectivity index (χ1) is 16.0. The van der Waals surface area contributed by atoms with Crippen LogP contribution in [-0.2, 0) is 13.6 Å². The number of anilines is 1. The fourth-order valence-electron chi connectivity index (χ4n) is 3.35. The van der Waals surface area contributed by atoms with Crippen LogP contribution in [0.3, 0.4) is 0 Å². The van der Waals surface area contributed by atoms with Crippen LogP contribution in [0.15, 0.2) is 82.6 Å². The normalized spacial score (nSPS) is 12.2. The highest BCUT2D eigenvalue weighted by molar-refractivity contribution is 7.99. The van der Waals surface area contributed by atoms with Crippen LogP contribution in [0.1, 0.15) is 25.2 Å². The molecule has 33 heavy (non-hydrogen) atoms. The standard InChI is InChI=1S/C25H30NO5PS/c1-5-30-32(27,31-6-2)25(19-16-17-22(28-3)23(18-19)29-4)26-21-14-10-11-15-24(21)33-20-12-8-7-9-13-20/h7-18,25-26H,5-6H2,1-4H3. The number of methoxy groups -OCH3 is 2. The predicted octanol–water partition coefficient (Wildman–Crippen LogP) is 7.23. The molecule has 0 spiro atoms. The van der Waals surface area contributed by atoms with E-state index in [4.69, 9.17) is 18.5 Å². The fourth-order valence-corrected chi connectivity index (χ4v) is 6.20. The monoisotopic (exact) mass is 487 g/mol. The highest BCUT2D eigenvalue weighted by Gasteiger charge is 2.38. The van der Waals surface area contributed by atoms with Crippen LogP contribution in [0.2, 0.25) is 0 Å². The van der Waals surface area contributed by atoms with Crippen LogP contribution < -0.4 is 14.8 Å². The van der Waals surface area contributed by atoms with E-state index in [1.54, 1.807) is 52.0 Å². The fraction of sp³-hybridized carbons (Fsp3) is 0.280. The van der Waals surface area contributed by atoms with Gasteiger partial charge in [-0.2, -0.15) is 0 Å². The quantitative estimate of drug-likeness (QED) is 0.270. The molecule has 3 aromatic carbocycles. The lowest BCUT2D eigenvalue weighted by atomic mass is 10.2. The molecule has 176 valence electrons. The zero-order chi connectivity index (χ0) is 23.7. The maximum absolute atomic E-state index is 14.0.